The minimum atomic E-state index is -1.55. The van der Waals surface area contributed by atoms with Crippen LogP contribution in [-0.4, -0.2) is 87.5 Å². The van der Waals surface area contributed by atoms with E-state index in [0.29, 0.717) is 12.8 Å². The summed E-state index contributed by atoms with van der Waals surface area (Å²) in [7, 11) is 0. The standard InChI is InChI=1S/C51H97NO8/c1-3-5-7-9-11-13-15-16-17-18-19-20-21-22-23-24-25-26-27-28-29-30-31-33-35-37-39-41-47(55)52-44(43-59-51-50(58)49(57)48(56)46(42-53)60-51)45(54)40-38-36-34-32-14-12-10-8-6-4-2/h15-16,18-19,44-46,48-51,53-54,56-58H,3-14,17,20-43H2,1-2H3,(H,52,55)/b16-15-,19-18-. The number of carbonyl (C=O) groups excluding carboxylic acids is 1. The van der Waals surface area contributed by atoms with Gasteiger partial charge in [-0.15, -0.1) is 0 Å². The van der Waals surface area contributed by atoms with Crippen LogP contribution in [0, 0.1) is 0 Å². The Kier molecular flexibility index (Phi) is 39.4. The van der Waals surface area contributed by atoms with Gasteiger partial charge in [-0.1, -0.05) is 212 Å². The van der Waals surface area contributed by atoms with Gasteiger partial charge in [0.05, 0.1) is 25.4 Å². The predicted octanol–water partition coefficient (Wildman–Crippen LogP) is 11.5. The Labute approximate surface area is 369 Å². The van der Waals surface area contributed by atoms with Crippen LogP contribution in [0.5, 0.6) is 0 Å². The molecule has 0 radical (unpaired) electrons. The molecule has 1 aliphatic rings. The van der Waals surface area contributed by atoms with Crippen molar-refractivity contribution in [1.29, 1.82) is 0 Å². The van der Waals surface area contributed by atoms with Crippen LogP contribution in [0.2, 0.25) is 0 Å². The van der Waals surface area contributed by atoms with Gasteiger partial charge in [-0.2, -0.15) is 0 Å². The number of hydrogen-bond donors (Lipinski definition) is 6. The molecule has 1 aliphatic heterocycles. The number of amides is 1. The smallest absolute Gasteiger partial charge is 0.220 e. The van der Waals surface area contributed by atoms with Crippen molar-refractivity contribution in [3.05, 3.63) is 24.3 Å². The highest BCUT2D eigenvalue weighted by atomic mass is 16.7. The van der Waals surface area contributed by atoms with E-state index in [1.165, 1.54) is 167 Å². The van der Waals surface area contributed by atoms with E-state index in [1.54, 1.807) is 0 Å². The third-order valence-electron chi connectivity index (χ3n) is 12.3. The first kappa shape index (κ1) is 56.7. The van der Waals surface area contributed by atoms with Crippen molar-refractivity contribution < 1.29 is 39.8 Å². The number of hydrogen-bond acceptors (Lipinski definition) is 8. The van der Waals surface area contributed by atoms with Crippen molar-refractivity contribution in [2.45, 2.75) is 281 Å². The van der Waals surface area contributed by atoms with Crippen molar-refractivity contribution in [2.24, 2.45) is 0 Å². The minimum Gasteiger partial charge on any atom is -0.394 e. The number of unbranched alkanes of at least 4 members (excludes halogenated alkanes) is 29. The van der Waals surface area contributed by atoms with Crippen molar-refractivity contribution >= 4 is 5.91 Å². The number of carbonyl (C=O) groups is 1. The molecule has 1 amide bonds. The highest BCUT2D eigenvalue weighted by Gasteiger charge is 2.44. The first-order valence-electron chi connectivity index (χ1n) is 25.5. The molecule has 1 heterocycles. The molecule has 7 unspecified atom stereocenters. The summed E-state index contributed by atoms with van der Waals surface area (Å²) in [5.41, 5.74) is 0. The Hall–Kier alpha value is -1.33. The summed E-state index contributed by atoms with van der Waals surface area (Å²) in [5, 5.41) is 54.3. The van der Waals surface area contributed by atoms with Gasteiger partial charge in [0.2, 0.25) is 5.91 Å². The summed E-state index contributed by atoms with van der Waals surface area (Å²) < 4.78 is 11.3. The molecule has 1 fully saturated rings. The molecule has 0 aromatic rings. The molecule has 60 heavy (non-hydrogen) atoms. The highest BCUT2D eigenvalue weighted by molar-refractivity contribution is 5.76. The summed E-state index contributed by atoms with van der Waals surface area (Å²) >= 11 is 0. The Morgan fingerprint density at radius 2 is 0.983 bits per heavy atom. The zero-order valence-corrected chi connectivity index (χ0v) is 39.0. The van der Waals surface area contributed by atoms with E-state index in [9.17, 15) is 30.3 Å². The van der Waals surface area contributed by atoms with Gasteiger partial charge in [0.1, 0.15) is 24.4 Å². The molecule has 0 aromatic heterocycles. The van der Waals surface area contributed by atoms with Crippen LogP contribution in [0.3, 0.4) is 0 Å². The average Bonchev–Trinajstić information content (AvgIpc) is 3.25. The maximum atomic E-state index is 13.0. The summed E-state index contributed by atoms with van der Waals surface area (Å²) in [6.07, 6.45) is 43.5. The highest BCUT2D eigenvalue weighted by Crippen LogP contribution is 2.23. The van der Waals surface area contributed by atoms with E-state index >= 15 is 0 Å². The maximum Gasteiger partial charge on any atom is 0.220 e. The lowest BCUT2D eigenvalue weighted by Gasteiger charge is -2.40. The van der Waals surface area contributed by atoms with E-state index in [1.807, 2.05) is 0 Å². The Morgan fingerprint density at radius 3 is 1.43 bits per heavy atom. The zero-order valence-electron chi connectivity index (χ0n) is 39.0. The minimum absolute atomic E-state index is 0.136. The summed E-state index contributed by atoms with van der Waals surface area (Å²) in [4.78, 5) is 13.0. The van der Waals surface area contributed by atoms with Crippen LogP contribution in [0.25, 0.3) is 0 Å². The molecule has 1 rings (SSSR count). The SMILES string of the molecule is CCCCCCC/C=C\C/C=C\CCCCCCCCCCCCCCCCCC(=O)NC(COC1OC(CO)C(O)C(O)C1O)C(O)CCCCCCCCCCCC. The van der Waals surface area contributed by atoms with Gasteiger partial charge in [-0.3, -0.25) is 4.79 Å². The fraction of sp³-hybridized carbons (Fsp3) is 0.902. The lowest BCUT2D eigenvalue weighted by atomic mass is 9.99. The van der Waals surface area contributed by atoms with E-state index in [0.717, 1.165) is 44.9 Å². The second-order valence-electron chi connectivity index (χ2n) is 18.0. The van der Waals surface area contributed by atoms with Crippen LogP contribution in [0.1, 0.15) is 239 Å². The van der Waals surface area contributed by atoms with Gasteiger partial charge in [-0.25, -0.2) is 0 Å². The third kappa shape index (κ3) is 31.5. The van der Waals surface area contributed by atoms with E-state index in [2.05, 4.69) is 43.5 Å². The Bertz CT molecular complexity index is 992. The Morgan fingerprint density at radius 1 is 0.567 bits per heavy atom. The molecule has 0 aromatic carbocycles. The number of aliphatic hydroxyl groups excluding tert-OH is 5. The lowest BCUT2D eigenvalue weighted by Crippen LogP contribution is -2.60. The Balaban J connectivity index is 2.15. The van der Waals surface area contributed by atoms with Gasteiger partial charge in [0, 0.05) is 6.42 Å². The number of nitrogens with one attached hydrogen (secondary N) is 1. The maximum absolute atomic E-state index is 13.0. The van der Waals surface area contributed by atoms with Crippen molar-refractivity contribution in [2.75, 3.05) is 13.2 Å². The number of rotatable bonds is 43. The second-order valence-corrected chi connectivity index (χ2v) is 18.0. The van der Waals surface area contributed by atoms with Gasteiger partial charge in [0.25, 0.3) is 0 Å². The van der Waals surface area contributed by atoms with Crippen LogP contribution in [0.4, 0.5) is 0 Å². The van der Waals surface area contributed by atoms with E-state index in [-0.39, 0.29) is 12.5 Å². The molecular weight excluding hydrogens is 755 g/mol. The first-order valence-corrected chi connectivity index (χ1v) is 25.5. The fourth-order valence-electron chi connectivity index (χ4n) is 8.19. The molecular formula is C51H97NO8. The van der Waals surface area contributed by atoms with Gasteiger partial charge in [-0.05, 0) is 44.9 Å². The number of aliphatic hydroxyl groups is 5. The van der Waals surface area contributed by atoms with Crippen LogP contribution in [-0.2, 0) is 14.3 Å². The van der Waals surface area contributed by atoms with Gasteiger partial charge in [0.15, 0.2) is 6.29 Å². The monoisotopic (exact) mass is 852 g/mol. The third-order valence-corrected chi connectivity index (χ3v) is 12.3. The van der Waals surface area contributed by atoms with Gasteiger partial charge >= 0.3 is 0 Å². The quantitative estimate of drug-likeness (QED) is 0.0262. The average molecular weight is 852 g/mol. The largest absolute Gasteiger partial charge is 0.394 e. The number of ether oxygens (including phenoxy) is 2. The summed E-state index contributed by atoms with van der Waals surface area (Å²) in [6.45, 7) is 3.81. The molecule has 1 saturated heterocycles. The topological polar surface area (TPSA) is 149 Å². The first-order chi connectivity index (χ1) is 29.3. The fourth-order valence-corrected chi connectivity index (χ4v) is 8.19. The molecule has 354 valence electrons. The molecule has 0 aliphatic carbocycles. The molecule has 9 heteroatoms. The van der Waals surface area contributed by atoms with Crippen molar-refractivity contribution in [3.8, 4) is 0 Å². The van der Waals surface area contributed by atoms with Crippen LogP contribution >= 0.6 is 0 Å². The summed E-state index contributed by atoms with van der Waals surface area (Å²) in [6, 6.07) is -0.715. The van der Waals surface area contributed by atoms with E-state index in [4.69, 9.17) is 9.47 Å². The molecule has 0 saturated carbocycles. The lowest BCUT2D eigenvalue weighted by molar-refractivity contribution is -0.302. The molecule has 0 bridgehead atoms. The predicted molar refractivity (Wildman–Crippen MR) is 249 cm³/mol. The molecule has 7 atom stereocenters. The van der Waals surface area contributed by atoms with Gasteiger partial charge < -0.3 is 40.3 Å². The molecule has 6 N–H and O–H groups in total. The van der Waals surface area contributed by atoms with Crippen LogP contribution in [0.15, 0.2) is 24.3 Å². The van der Waals surface area contributed by atoms with E-state index < -0.39 is 49.5 Å². The molecule has 0 spiro atoms. The zero-order chi connectivity index (χ0) is 43.7. The van der Waals surface area contributed by atoms with Crippen molar-refractivity contribution in [3.63, 3.8) is 0 Å². The van der Waals surface area contributed by atoms with Crippen LogP contribution < -0.4 is 5.32 Å². The second kappa shape index (κ2) is 41.7. The molecule has 9 nitrogen and oxygen atoms in total. The summed E-state index contributed by atoms with van der Waals surface area (Å²) in [5.74, 6) is -0.144. The van der Waals surface area contributed by atoms with Crippen molar-refractivity contribution in [1.82, 2.24) is 5.32 Å². The number of allylic oxidation sites excluding steroid dienone is 4. The normalized spacial score (nSPS) is 20.7.